The monoisotopic (exact) mass is 487 g/mol. The van der Waals surface area contributed by atoms with Crippen LogP contribution in [-0.4, -0.2) is 84.9 Å². The molecule has 2 fully saturated rings. The van der Waals surface area contributed by atoms with Crippen LogP contribution in [-0.2, 0) is 4.79 Å². The molecular weight excluding hydrogens is 462 g/mol. The van der Waals surface area contributed by atoms with E-state index in [0.29, 0.717) is 62.2 Å². The van der Waals surface area contributed by atoms with Crippen molar-refractivity contribution < 1.29 is 14.0 Å². The number of benzene rings is 1. The first-order chi connectivity index (χ1) is 17.5. The third-order valence-corrected chi connectivity index (χ3v) is 6.64. The molecule has 5 heterocycles. The van der Waals surface area contributed by atoms with Crippen LogP contribution >= 0.6 is 0 Å². The summed E-state index contributed by atoms with van der Waals surface area (Å²) in [5, 5.41) is 4.35. The number of aryl methyl sites for hydroxylation is 1. The first kappa shape index (κ1) is 22.0. The second-order valence-corrected chi connectivity index (χ2v) is 8.92. The lowest BCUT2D eigenvalue weighted by Crippen LogP contribution is -2.61. The van der Waals surface area contributed by atoms with E-state index in [-0.39, 0.29) is 29.6 Å². The third kappa shape index (κ3) is 3.80. The molecule has 3 aromatic heterocycles. The van der Waals surface area contributed by atoms with Crippen LogP contribution in [0.25, 0.3) is 17.4 Å². The molecule has 2 aliphatic heterocycles. The molecular formula is C24H25N9O3. The predicted octanol–water partition coefficient (Wildman–Crippen LogP) is 1.23. The Morgan fingerprint density at radius 2 is 1.69 bits per heavy atom. The number of piperazine rings is 1. The smallest absolute Gasteiger partial charge is 0.259 e. The number of nitrogens with two attached hydrogens (primary N) is 1. The minimum Gasteiger partial charge on any atom is -0.458 e. The Balaban J connectivity index is 1.15. The lowest BCUT2D eigenvalue weighted by Gasteiger charge is -2.44. The van der Waals surface area contributed by atoms with Gasteiger partial charge in [0.05, 0.1) is 0 Å². The normalized spacial score (nSPS) is 17.9. The lowest BCUT2D eigenvalue weighted by molar-refractivity contribution is -0.135. The minimum absolute atomic E-state index is 0.00308. The summed E-state index contributed by atoms with van der Waals surface area (Å²) in [6.45, 7) is 4.44. The molecule has 0 bridgehead atoms. The van der Waals surface area contributed by atoms with Gasteiger partial charge in [0.25, 0.3) is 11.7 Å². The summed E-state index contributed by atoms with van der Waals surface area (Å²) in [6, 6.07) is 12.4. The summed E-state index contributed by atoms with van der Waals surface area (Å²) in [4.78, 5) is 44.8. The van der Waals surface area contributed by atoms with Crippen LogP contribution < -0.4 is 10.6 Å². The summed E-state index contributed by atoms with van der Waals surface area (Å²) in [6.07, 6.45) is 0.694. The third-order valence-electron chi connectivity index (χ3n) is 6.64. The fourth-order valence-electron chi connectivity index (χ4n) is 4.57. The van der Waals surface area contributed by atoms with Crippen molar-refractivity contribution in [3.8, 4) is 11.6 Å². The largest absolute Gasteiger partial charge is 0.458 e. The topological polar surface area (TPSA) is 139 Å². The number of nitrogens with zero attached hydrogens (tertiary/aromatic N) is 8. The van der Waals surface area contributed by atoms with Crippen molar-refractivity contribution in [2.75, 3.05) is 43.4 Å². The SMILES string of the molecule is Cc1ccc(-c2nc3nc(N4CC[C@H]4C(=O)N4CCN(C(=O)c5ccccc5)CC4)nc(N)n3n2)o1. The molecule has 12 heteroatoms. The van der Waals surface area contributed by atoms with Gasteiger partial charge in [-0.3, -0.25) is 9.59 Å². The van der Waals surface area contributed by atoms with Crippen molar-refractivity contribution in [2.24, 2.45) is 0 Å². The summed E-state index contributed by atoms with van der Waals surface area (Å²) < 4.78 is 6.96. The van der Waals surface area contributed by atoms with E-state index in [1.807, 2.05) is 53.1 Å². The number of nitrogen functional groups attached to an aromatic ring is 1. The number of aromatic nitrogens is 5. The zero-order valence-corrected chi connectivity index (χ0v) is 19.7. The van der Waals surface area contributed by atoms with Gasteiger partial charge < -0.3 is 24.9 Å². The molecule has 6 rings (SSSR count). The lowest BCUT2D eigenvalue weighted by atomic mass is 10.0. The molecule has 0 radical (unpaired) electrons. The Bertz CT molecular complexity index is 1440. The van der Waals surface area contributed by atoms with Crippen molar-refractivity contribution >= 4 is 29.5 Å². The van der Waals surface area contributed by atoms with E-state index in [0.717, 1.165) is 5.76 Å². The molecule has 0 aliphatic carbocycles. The Labute approximate surface area is 206 Å². The van der Waals surface area contributed by atoms with Crippen LogP contribution in [0, 0.1) is 6.92 Å². The molecule has 0 saturated carbocycles. The van der Waals surface area contributed by atoms with Crippen LogP contribution in [0.3, 0.4) is 0 Å². The van der Waals surface area contributed by atoms with Crippen molar-refractivity contribution in [1.82, 2.24) is 34.4 Å². The van der Waals surface area contributed by atoms with E-state index in [2.05, 4.69) is 20.1 Å². The summed E-state index contributed by atoms with van der Waals surface area (Å²) >= 11 is 0. The zero-order chi connectivity index (χ0) is 24.8. The van der Waals surface area contributed by atoms with E-state index in [9.17, 15) is 9.59 Å². The second-order valence-electron chi connectivity index (χ2n) is 8.92. The van der Waals surface area contributed by atoms with Crippen molar-refractivity contribution in [2.45, 2.75) is 19.4 Å². The number of amides is 2. The molecule has 2 saturated heterocycles. The van der Waals surface area contributed by atoms with Crippen molar-refractivity contribution in [3.63, 3.8) is 0 Å². The molecule has 0 unspecified atom stereocenters. The molecule has 4 aromatic rings. The molecule has 1 atom stereocenters. The van der Waals surface area contributed by atoms with Gasteiger partial charge in [0.2, 0.25) is 23.6 Å². The van der Waals surface area contributed by atoms with Gasteiger partial charge in [-0.2, -0.15) is 19.5 Å². The number of rotatable bonds is 4. The van der Waals surface area contributed by atoms with Crippen LogP contribution in [0.4, 0.5) is 11.9 Å². The molecule has 1 aromatic carbocycles. The molecule has 2 aliphatic rings. The summed E-state index contributed by atoms with van der Waals surface area (Å²) in [7, 11) is 0. The van der Waals surface area contributed by atoms with Gasteiger partial charge in [0.1, 0.15) is 11.8 Å². The van der Waals surface area contributed by atoms with Gasteiger partial charge in [-0.25, -0.2) is 0 Å². The molecule has 36 heavy (non-hydrogen) atoms. The van der Waals surface area contributed by atoms with E-state index < -0.39 is 0 Å². The maximum Gasteiger partial charge on any atom is 0.259 e. The molecule has 184 valence electrons. The van der Waals surface area contributed by atoms with E-state index >= 15 is 0 Å². The van der Waals surface area contributed by atoms with Crippen molar-refractivity contribution in [3.05, 3.63) is 53.8 Å². The number of carbonyl (C=O) groups is 2. The molecule has 0 spiro atoms. The number of anilines is 2. The molecule has 12 nitrogen and oxygen atoms in total. The minimum atomic E-state index is -0.377. The highest BCUT2D eigenvalue weighted by Gasteiger charge is 2.40. The maximum absolute atomic E-state index is 13.3. The first-order valence-corrected chi connectivity index (χ1v) is 11.8. The van der Waals surface area contributed by atoms with Gasteiger partial charge in [0.15, 0.2) is 5.76 Å². The van der Waals surface area contributed by atoms with Gasteiger partial charge in [-0.1, -0.05) is 18.2 Å². The van der Waals surface area contributed by atoms with Gasteiger partial charge >= 0.3 is 0 Å². The summed E-state index contributed by atoms with van der Waals surface area (Å²) in [5.41, 5.74) is 6.80. The number of hydrogen-bond donors (Lipinski definition) is 1. The highest BCUT2D eigenvalue weighted by Crippen LogP contribution is 2.27. The average Bonchev–Trinajstić information content (AvgIpc) is 3.50. The standard InChI is InChI=1S/C24H25N9O3/c1-15-7-8-18(36-15)19-26-24-28-23(27-22(25)33(24)29-19)32-10-9-17(32)21(35)31-13-11-30(12-14-31)20(34)16-5-3-2-4-6-16/h2-8,17H,9-14H2,1H3,(H2,25,26,27,28,29)/t17-/m0/s1. The van der Waals surface area contributed by atoms with Gasteiger partial charge in [-0.15, -0.1) is 5.10 Å². The van der Waals surface area contributed by atoms with E-state index in [1.165, 1.54) is 4.52 Å². The highest BCUT2D eigenvalue weighted by molar-refractivity contribution is 5.94. The van der Waals surface area contributed by atoms with E-state index in [1.54, 1.807) is 11.0 Å². The zero-order valence-electron chi connectivity index (χ0n) is 19.7. The van der Waals surface area contributed by atoms with Gasteiger partial charge in [0, 0.05) is 38.3 Å². The first-order valence-electron chi connectivity index (χ1n) is 11.8. The highest BCUT2D eigenvalue weighted by atomic mass is 16.3. The number of carbonyl (C=O) groups excluding carboxylic acids is 2. The second kappa shape index (κ2) is 8.63. The van der Waals surface area contributed by atoms with Crippen LogP contribution in [0.1, 0.15) is 22.5 Å². The number of fused-ring (bicyclic) bond motifs is 1. The summed E-state index contributed by atoms with van der Waals surface area (Å²) in [5.74, 6) is 2.37. The Morgan fingerprint density at radius 3 is 2.36 bits per heavy atom. The molecule has 2 amide bonds. The number of hydrogen-bond acceptors (Lipinski definition) is 9. The number of furan rings is 1. The van der Waals surface area contributed by atoms with Crippen LogP contribution in [0.15, 0.2) is 46.9 Å². The van der Waals surface area contributed by atoms with Crippen molar-refractivity contribution in [1.29, 1.82) is 0 Å². The van der Waals surface area contributed by atoms with Crippen LogP contribution in [0.5, 0.6) is 0 Å². The maximum atomic E-state index is 13.3. The fourth-order valence-corrected chi connectivity index (χ4v) is 4.57. The Hall–Kier alpha value is -4.48. The van der Waals surface area contributed by atoms with Crippen LogP contribution in [0.2, 0.25) is 0 Å². The predicted molar refractivity (Wildman–Crippen MR) is 130 cm³/mol. The Kier molecular flexibility index (Phi) is 5.28. The average molecular weight is 488 g/mol. The fraction of sp³-hybridized carbons (Fsp3) is 0.333. The van der Waals surface area contributed by atoms with Gasteiger partial charge in [-0.05, 0) is 37.6 Å². The molecule has 2 N–H and O–H groups in total. The van der Waals surface area contributed by atoms with E-state index in [4.69, 9.17) is 10.2 Å². The quantitative estimate of drug-likeness (QED) is 0.450. The Morgan fingerprint density at radius 1 is 0.944 bits per heavy atom.